The average molecular weight is 469 g/mol. The third kappa shape index (κ3) is 4.95. The smallest absolute Gasteiger partial charge is 0.387 e. The Morgan fingerprint density at radius 2 is 1.79 bits per heavy atom. The van der Waals surface area contributed by atoms with Crippen LogP contribution in [0.25, 0.3) is 0 Å². The van der Waals surface area contributed by atoms with Crippen LogP contribution in [0.1, 0.15) is 43.2 Å². The lowest BCUT2D eigenvalue weighted by atomic mass is 9.78. The highest BCUT2D eigenvalue weighted by atomic mass is 19.3. The fraction of sp³-hybridized carbons (Fsp3) is 0.308. The highest BCUT2D eigenvalue weighted by Gasteiger charge is 2.34. The third-order valence-electron chi connectivity index (χ3n) is 6.10. The average Bonchev–Trinajstić information content (AvgIpc) is 2.82. The summed E-state index contributed by atoms with van der Waals surface area (Å²) < 4.78 is 40.6. The van der Waals surface area contributed by atoms with Crippen LogP contribution in [0.2, 0.25) is 0 Å². The second kappa shape index (κ2) is 10.1. The van der Waals surface area contributed by atoms with E-state index in [0.717, 1.165) is 17.0 Å². The molecule has 1 heterocycles. The van der Waals surface area contributed by atoms with Crippen molar-refractivity contribution in [1.29, 1.82) is 0 Å². The largest absolute Gasteiger partial charge is 0.496 e. The minimum atomic E-state index is -2.98. The monoisotopic (exact) mass is 469 g/mol. The maximum Gasteiger partial charge on any atom is 0.387 e. The number of ether oxygens (including phenoxy) is 3. The molecule has 178 valence electrons. The van der Waals surface area contributed by atoms with Gasteiger partial charge in [-0.05, 0) is 31.0 Å². The van der Waals surface area contributed by atoms with Crippen molar-refractivity contribution in [3.63, 3.8) is 0 Å². The van der Waals surface area contributed by atoms with Crippen molar-refractivity contribution in [3.8, 4) is 11.5 Å². The van der Waals surface area contributed by atoms with E-state index in [-0.39, 0.29) is 30.5 Å². The van der Waals surface area contributed by atoms with E-state index in [9.17, 15) is 18.4 Å². The normalized spacial score (nSPS) is 17.9. The van der Waals surface area contributed by atoms with Crippen LogP contribution < -0.4 is 14.8 Å². The summed E-state index contributed by atoms with van der Waals surface area (Å²) in [5.74, 6) is 0.0316. The molecule has 0 amide bonds. The lowest BCUT2D eigenvalue weighted by molar-refractivity contribution is -0.140. The molecule has 0 aromatic heterocycles. The van der Waals surface area contributed by atoms with E-state index in [1.807, 2.05) is 24.3 Å². The predicted octanol–water partition coefficient (Wildman–Crippen LogP) is 5.01. The highest BCUT2D eigenvalue weighted by molar-refractivity contribution is 6.01. The fourth-order valence-corrected chi connectivity index (χ4v) is 4.41. The summed E-state index contributed by atoms with van der Waals surface area (Å²) in [4.78, 5) is 25.8. The summed E-state index contributed by atoms with van der Waals surface area (Å²) in [7, 11) is 1.61. The van der Waals surface area contributed by atoms with Gasteiger partial charge in [0.2, 0.25) is 0 Å². The molecule has 1 atom stereocenters. The lowest BCUT2D eigenvalue weighted by Gasteiger charge is -2.32. The van der Waals surface area contributed by atoms with Crippen LogP contribution in [0.3, 0.4) is 0 Å². The zero-order chi connectivity index (χ0) is 24.2. The van der Waals surface area contributed by atoms with E-state index < -0.39 is 12.6 Å². The Morgan fingerprint density at radius 1 is 1.09 bits per heavy atom. The van der Waals surface area contributed by atoms with Crippen molar-refractivity contribution >= 4 is 11.8 Å². The topological polar surface area (TPSA) is 73.9 Å². The second-order valence-electron chi connectivity index (χ2n) is 8.20. The number of hydrogen-bond acceptors (Lipinski definition) is 6. The quantitative estimate of drug-likeness (QED) is 0.575. The molecule has 34 heavy (non-hydrogen) atoms. The van der Waals surface area contributed by atoms with Gasteiger partial charge < -0.3 is 19.5 Å². The van der Waals surface area contributed by atoms with Crippen LogP contribution in [-0.2, 0) is 20.9 Å². The molecule has 0 saturated heterocycles. The molecule has 8 heteroatoms. The van der Waals surface area contributed by atoms with Crippen molar-refractivity contribution in [2.45, 2.75) is 45.3 Å². The van der Waals surface area contributed by atoms with Gasteiger partial charge in [-0.25, -0.2) is 4.79 Å². The number of rotatable bonds is 7. The minimum absolute atomic E-state index is 0.0254. The molecular formula is C26H25F2NO5. The molecule has 0 fully saturated rings. The van der Waals surface area contributed by atoms with E-state index in [2.05, 4.69) is 10.1 Å². The number of para-hydroxylation sites is 2. The number of carbonyl (C=O) groups excluding carboxylic acids is 2. The Bertz CT molecular complexity index is 1170. The highest BCUT2D eigenvalue weighted by Crippen LogP contribution is 2.41. The molecule has 0 spiro atoms. The summed E-state index contributed by atoms with van der Waals surface area (Å²) in [6.07, 6.45) is 1.11. The molecule has 1 aliphatic carbocycles. The molecule has 6 nitrogen and oxygen atoms in total. The first kappa shape index (κ1) is 23.5. The van der Waals surface area contributed by atoms with Crippen molar-refractivity contribution in [2.75, 3.05) is 7.11 Å². The number of esters is 1. The van der Waals surface area contributed by atoms with E-state index in [1.54, 1.807) is 32.2 Å². The van der Waals surface area contributed by atoms with Crippen molar-refractivity contribution in [1.82, 2.24) is 5.32 Å². The van der Waals surface area contributed by atoms with Crippen LogP contribution in [-0.4, -0.2) is 25.5 Å². The van der Waals surface area contributed by atoms with Gasteiger partial charge in [0.1, 0.15) is 18.1 Å². The van der Waals surface area contributed by atoms with Gasteiger partial charge >= 0.3 is 12.6 Å². The minimum Gasteiger partial charge on any atom is -0.496 e. The molecule has 4 rings (SSSR count). The third-order valence-corrected chi connectivity index (χ3v) is 6.10. The molecule has 0 bridgehead atoms. The Labute approximate surface area is 196 Å². The molecule has 0 saturated carbocycles. The summed E-state index contributed by atoms with van der Waals surface area (Å²) in [5.41, 5.74) is 3.63. The number of methoxy groups -OCH3 is 1. The maximum atomic E-state index is 13.0. The Kier molecular flexibility index (Phi) is 6.95. The zero-order valence-electron chi connectivity index (χ0n) is 18.9. The molecule has 0 unspecified atom stereocenters. The van der Waals surface area contributed by atoms with E-state index in [0.29, 0.717) is 35.2 Å². The predicted molar refractivity (Wildman–Crippen MR) is 120 cm³/mol. The summed E-state index contributed by atoms with van der Waals surface area (Å²) >= 11 is 0. The van der Waals surface area contributed by atoms with Crippen LogP contribution >= 0.6 is 0 Å². The van der Waals surface area contributed by atoms with Crippen LogP contribution in [0.4, 0.5) is 8.78 Å². The summed E-state index contributed by atoms with van der Waals surface area (Å²) in [6.45, 7) is -1.45. The molecule has 1 aliphatic heterocycles. The molecular weight excluding hydrogens is 444 g/mol. The van der Waals surface area contributed by atoms with E-state index >= 15 is 0 Å². The zero-order valence-corrected chi connectivity index (χ0v) is 18.9. The standard InChI is InChI=1S/C26H25F2NO5/c1-15-19(25(31)33-14-16-7-3-5-9-23(16)34-26(27)28)13-20-21(29-15)11-17(12-22(20)30)18-8-4-6-10-24(18)32-2/h3-10,17,26,29H,11-14H2,1-2H3/t17-/m1/s1. The number of nitrogens with one attached hydrogen (secondary N) is 1. The van der Waals surface area contributed by atoms with Gasteiger partial charge in [-0.15, -0.1) is 0 Å². The number of halogens is 2. The Hall–Kier alpha value is -3.68. The maximum absolute atomic E-state index is 13.0. The molecule has 2 aromatic carbocycles. The SMILES string of the molecule is COc1ccccc1[C@H]1CC(=O)C2=C(C1)NC(C)=C(C(=O)OCc1ccccc1OC(F)F)C2. The van der Waals surface area contributed by atoms with Gasteiger partial charge in [-0.2, -0.15) is 8.78 Å². The number of carbonyl (C=O) groups is 2. The van der Waals surface area contributed by atoms with Crippen molar-refractivity contribution in [3.05, 3.63) is 82.2 Å². The van der Waals surface area contributed by atoms with Gasteiger partial charge in [0.15, 0.2) is 5.78 Å². The first-order valence-electron chi connectivity index (χ1n) is 10.9. The summed E-state index contributed by atoms with van der Waals surface area (Å²) in [6, 6.07) is 13.8. The van der Waals surface area contributed by atoms with Gasteiger partial charge in [0.25, 0.3) is 0 Å². The van der Waals surface area contributed by atoms with Crippen LogP contribution in [0, 0.1) is 0 Å². The van der Waals surface area contributed by atoms with E-state index in [4.69, 9.17) is 9.47 Å². The Balaban J connectivity index is 1.46. The first-order valence-corrected chi connectivity index (χ1v) is 10.9. The molecule has 1 N–H and O–H groups in total. The van der Waals surface area contributed by atoms with Crippen molar-refractivity contribution < 1.29 is 32.6 Å². The van der Waals surface area contributed by atoms with E-state index in [1.165, 1.54) is 6.07 Å². The van der Waals surface area contributed by atoms with Crippen molar-refractivity contribution in [2.24, 2.45) is 0 Å². The van der Waals surface area contributed by atoms with Crippen LogP contribution in [0.5, 0.6) is 11.5 Å². The molecule has 2 aromatic rings. The molecule has 0 radical (unpaired) electrons. The number of benzene rings is 2. The number of Topliss-reactive ketones (excluding diaryl/α,β-unsaturated/α-hetero) is 1. The number of alkyl halides is 2. The first-order chi connectivity index (χ1) is 16.4. The second-order valence-corrected chi connectivity index (χ2v) is 8.20. The number of ketones is 1. The Morgan fingerprint density at radius 3 is 2.53 bits per heavy atom. The van der Waals surface area contributed by atoms with Gasteiger partial charge in [-0.1, -0.05) is 36.4 Å². The van der Waals surface area contributed by atoms with Gasteiger partial charge in [-0.3, -0.25) is 4.79 Å². The fourth-order valence-electron chi connectivity index (χ4n) is 4.41. The number of allylic oxidation sites excluding steroid dienone is 3. The van der Waals surface area contributed by atoms with Crippen LogP contribution in [0.15, 0.2) is 71.1 Å². The summed E-state index contributed by atoms with van der Waals surface area (Å²) in [5, 5.41) is 3.23. The molecule has 2 aliphatic rings. The number of dihydropyridines is 1. The van der Waals surface area contributed by atoms with Gasteiger partial charge in [0, 0.05) is 41.3 Å². The lowest BCUT2D eigenvalue weighted by Crippen LogP contribution is -2.31. The number of hydrogen-bond donors (Lipinski definition) is 1. The van der Waals surface area contributed by atoms with Gasteiger partial charge in [0.05, 0.1) is 12.7 Å².